The maximum absolute atomic E-state index is 8.73. The van der Waals surface area contributed by atoms with Gasteiger partial charge >= 0.3 is 0 Å². The molecule has 0 unspecified atom stereocenters. The van der Waals surface area contributed by atoms with Crippen molar-refractivity contribution in [1.29, 1.82) is 5.26 Å². The maximum atomic E-state index is 8.73. The third kappa shape index (κ3) is 2.65. The Labute approximate surface area is 98.7 Å². The molecule has 0 heterocycles. The van der Waals surface area contributed by atoms with E-state index in [0.29, 0.717) is 26.9 Å². The average molecular weight is 242 g/mol. The molecule has 1 aromatic carbocycles. The largest absolute Gasteiger partial charge is 0.496 e. The number of methoxy groups -OCH3 is 1. The Kier molecular flexibility index (Phi) is 4.02. The van der Waals surface area contributed by atoms with Gasteiger partial charge in [0.1, 0.15) is 5.75 Å². The Bertz CT molecular complexity index is 446. The molecule has 78 valence electrons. The van der Waals surface area contributed by atoms with Crippen LogP contribution in [0.3, 0.4) is 0 Å². The van der Waals surface area contributed by atoms with Crippen molar-refractivity contribution >= 4 is 28.2 Å². The van der Waals surface area contributed by atoms with E-state index in [4.69, 9.17) is 33.2 Å². The minimum Gasteiger partial charge on any atom is -0.496 e. The van der Waals surface area contributed by atoms with E-state index in [1.807, 2.05) is 6.07 Å². The van der Waals surface area contributed by atoms with Gasteiger partial charge in [0.15, 0.2) is 0 Å². The normalized spacial score (nSPS) is 11.7. The first-order valence-corrected chi connectivity index (χ1v) is 4.96. The molecule has 0 aliphatic rings. The first-order chi connectivity index (χ1) is 7.10. The van der Waals surface area contributed by atoms with Gasteiger partial charge < -0.3 is 4.74 Å². The zero-order chi connectivity index (χ0) is 11.4. The summed E-state index contributed by atoms with van der Waals surface area (Å²) in [6.45, 7) is 1.64. The number of nitriles is 1. The summed E-state index contributed by atoms with van der Waals surface area (Å²) in [5.41, 5.74) is 1.06. The highest BCUT2D eigenvalue weighted by Crippen LogP contribution is 2.33. The van der Waals surface area contributed by atoms with Crippen molar-refractivity contribution in [2.24, 2.45) is 0 Å². The average Bonchev–Trinajstić information content (AvgIpc) is 2.27. The summed E-state index contributed by atoms with van der Waals surface area (Å²) in [6, 6.07) is 7.07. The molecule has 2 nitrogen and oxygen atoms in total. The second-order valence-electron chi connectivity index (χ2n) is 2.90. The summed E-state index contributed by atoms with van der Waals surface area (Å²) in [7, 11) is 1.54. The van der Waals surface area contributed by atoms with Gasteiger partial charge in [0.05, 0.1) is 18.2 Å². The fraction of sp³-hybridized carbons (Fsp3) is 0.182. The zero-order valence-electron chi connectivity index (χ0n) is 8.34. The van der Waals surface area contributed by atoms with Gasteiger partial charge in [0, 0.05) is 16.2 Å². The lowest BCUT2D eigenvalue weighted by Gasteiger charge is -2.08. The van der Waals surface area contributed by atoms with Crippen LogP contribution in [0.4, 0.5) is 0 Å². The smallest absolute Gasteiger partial charge is 0.127 e. The Morgan fingerprint density at radius 1 is 1.47 bits per heavy atom. The van der Waals surface area contributed by atoms with Crippen LogP contribution in [0.25, 0.3) is 5.03 Å². The Hall–Kier alpha value is -1.17. The summed E-state index contributed by atoms with van der Waals surface area (Å²) < 4.78 is 5.13. The number of benzene rings is 1. The fourth-order valence-electron chi connectivity index (χ4n) is 1.10. The molecule has 0 aliphatic heterocycles. The van der Waals surface area contributed by atoms with Crippen LogP contribution in [-0.2, 0) is 0 Å². The summed E-state index contributed by atoms with van der Waals surface area (Å²) in [5, 5.41) is 9.64. The van der Waals surface area contributed by atoms with Crippen molar-refractivity contribution in [1.82, 2.24) is 0 Å². The van der Waals surface area contributed by atoms with Crippen LogP contribution in [0, 0.1) is 11.3 Å². The van der Waals surface area contributed by atoms with Crippen molar-refractivity contribution in [3.8, 4) is 11.8 Å². The molecule has 15 heavy (non-hydrogen) atoms. The van der Waals surface area contributed by atoms with E-state index in [0.717, 1.165) is 0 Å². The molecular formula is C11H9Cl2NO. The van der Waals surface area contributed by atoms with E-state index in [1.54, 1.807) is 32.2 Å². The highest BCUT2D eigenvalue weighted by Gasteiger charge is 2.09. The number of halogens is 2. The Morgan fingerprint density at radius 3 is 2.67 bits per heavy atom. The highest BCUT2D eigenvalue weighted by atomic mass is 35.5. The first-order valence-electron chi connectivity index (χ1n) is 4.20. The molecule has 0 aromatic heterocycles. The first kappa shape index (κ1) is 11.9. The molecule has 4 heteroatoms. The maximum Gasteiger partial charge on any atom is 0.127 e. The number of allylic oxidation sites excluding steroid dienone is 1. The van der Waals surface area contributed by atoms with Gasteiger partial charge in [-0.3, -0.25) is 0 Å². The molecule has 0 saturated heterocycles. The lowest BCUT2D eigenvalue weighted by molar-refractivity contribution is 0.413. The molecule has 0 N–H and O–H groups in total. The predicted molar refractivity (Wildman–Crippen MR) is 62.1 cm³/mol. The Balaban J connectivity index is 3.37. The van der Waals surface area contributed by atoms with Crippen molar-refractivity contribution < 1.29 is 4.74 Å². The van der Waals surface area contributed by atoms with Gasteiger partial charge in [0.2, 0.25) is 0 Å². The van der Waals surface area contributed by atoms with Crippen LogP contribution in [-0.4, -0.2) is 7.11 Å². The number of ether oxygens (including phenoxy) is 1. The highest BCUT2D eigenvalue weighted by molar-refractivity contribution is 6.50. The third-order valence-corrected chi connectivity index (χ3v) is 2.62. The van der Waals surface area contributed by atoms with Crippen LogP contribution >= 0.6 is 23.2 Å². The van der Waals surface area contributed by atoms with E-state index in [9.17, 15) is 0 Å². The monoisotopic (exact) mass is 241 g/mol. The number of hydrogen-bond acceptors (Lipinski definition) is 2. The van der Waals surface area contributed by atoms with Crippen molar-refractivity contribution in [2.45, 2.75) is 6.92 Å². The molecule has 1 aromatic rings. The lowest BCUT2D eigenvalue weighted by Crippen LogP contribution is -1.90. The molecular weight excluding hydrogens is 233 g/mol. The lowest BCUT2D eigenvalue weighted by atomic mass is 10.1. The van der Waals surface area contributed by atoms with Crippen LogP contribution < -0.4 is 4.74 Å². The summed E-state index contributed by atoms with van der Waals surface area (Å²) in [4.78, 5) is 0. The molecule has 0 aliphatic carbocycles. The second-order valence-corrected chi connectivity index (χ2v) is 3.71. The van der Waals surface area contributed by atoms with E-state index >= 15 is 0 Å². The molecule has 1 rings (SSSR count). The van der Waals surface area contributed by atoms with Gasteiger partial charge in [-0.25, -0.2) is 0 Å². The minimum absolute atomic E-state index is 0.358. The van der Waals surface area contributed by atoms with Crippen LogP contribution in [0.1, 0.15) is 12.5 Å². The minimum atomic E-state index is 0.358. The second kappa shape index (κ2) is 5.06. The summed E-state index contributed by atoms with van der Waals surface area (Å²) >= 11 is 11.9. The number of hydrogen-bond donors (Lipinski definition) is 0. The molecule has 0 bridgehead atoms. The van der Waals surface area contributed by atoms with Crippen molar-refractivity contribution in [2.75, 3.05) is 7.11 Å². The molecule has 0 radical (unpaired) electrons. The van der Waals surface area contributed by atoms with Crippen molar-refractivity contribution in [3.63, 3.8) is 0 Å². The zero-order valence-corrected chi connectivity index (χ0v) is 9.86. The van der Waals surface area contributed by atoms with Gasteiger partial charge in [0.25, 0.3) is 0 Å². The van der Waals surface area contributed by atoms with Gasteiger partial charge in [-0.15, -0.1) is 0 Å². The topological polar surface area (TPSA) is 33.0 Å². The number of rotatable bonds is 2. The van der Waals surface area contributed by atoms with E-state index in [2.05, 4.69) is 0 Å². The SMILES string of the molecule is COc1ccc(Cl)cc1C(Cl)=C(C)C#N. The van der Waals surface area contributed by atoms with E-state index in [-0.39, 0.29) is 0 Å². The Morgan fingerprint density at radius 2 is 2.13 bits per heavy atom. The van der Waals surface area contributed by atoms with Crippen LogP contribution in [0.5, 0.6) is 5.75 Å². The third-order valence-electron chi connectivity index (χ3n) is 1.89. The number of nitrogens with zero attached hydrogens (tertiary/aromatic N) is 1. The quantitative estimate of drug-likeness (QED) is 0.738. The summed E-state index contributed by atoms with van der Waals surface area (Å²) in [6.07, 6.45) is 0. The molecule has 0 saturated carbocycles. The van der Waals surface area contributed by atoms with E-state index < -0.39 is 0 Å². The molecule has 0 fully saturated rings. The van der Waals surface area contributed by atoms with E-state index in [1.165, 1.54) is 0 Å². The summed E-state index contributed by atoms with van der Waals surface area (Å²) in [5.74, 6) is 0.596. The standard InChI is InChI=1S/C11H9Cl2NO/c1-7(6-14)11(13)9-5-8(12)3-4-10(9)15-2/h3-5H,1-2H3. The van der Waals surface area contributed by atoms with Crippen LogP contribution in [0.15, 0.2) is 23.8 Å². The van der Waals surface area contributed by atoms with Crippen LogP contribution in [0.2, 0.25) is 5.02 Å². The molecule has 0 atom stereocenters. The van der Waals surface area contributed by atoms with Gasteiger partial charge in [-0.1, -0.05) is 23.2 Å². The van der Waals surface area contributed by atoms with Gasteiger partial charge in [-0.2, -0.15) is 5.26 Å². The fourth-order valence-corrected chi connectivity index (χ4v) is 1.46. The molecule has 0 spiro atoms. The predicted octanol–water partition coefficient (Wildman–Crippen LogP) is 3.84. The molecule has 0 amide bonds. The van der Waals surface area contributed by atoms with Gasteiger partial charge in [-0.05, 0) is 25.1 Å². The van der Waals surface area contributed by atoms with Crippen molar-refractivity contribution in [3.05, 3.63) is 34.4 Å².